The van der Waals surface area contributed by atoms with Crippen molar-refractivity contribution >= 4 is 17.5 Å². The Morgan fingerprint density at radius 1 is 1.37 bits per heavy atom. The van der Waals surface area contributed by atoms with E-state index in [1.54, 1.807) is 0 Å². The van der Waals surface area contributed by atoms with Gasteiger partial charge in [-0.05, 0) is 44.1 Å². The number of nitrogens with one attached hydrogen (secondary N) is 3. The fourth-order valence-corrected chi connectivity index (χ4v) is 2.12. The van der Waals surface area contributed by atoms with Gasteiger partial charge in [0.1, 0.15) is 6.04 Å². The summed E-state index contributed by atoms with van der Waals surface area (Å²) in [5, 5.41) is 8.64. The molecule has 1 aromatic rings. The number of carbonyl (C=O) groups is 2. The van der Waals surface area contributed by atoms with Gasteiger partial charge in [0.15, 0.2) is 0 Å². The van der Waals surface area contributed by atoms with E-state index in [4.69, 9.17) is 0 Å². The molecule has 0 saturated carbocycles. The normalized spacial score (nSPS) is 19.1. The Kier molecular flexibility index (Phi) is 4.52. The minimum Gasteiger partial charge on any atom is -0.374 e. The largest absolute Gasteiger partial charge is 0.374 e. The SMILES string of the molecule is CNCCc1cccc(NC2CCC(=O)NC2=O)c1. The molecule has 1 aromatic carbocycles. The van der Waals surface area contributed by atoms with E-state index in [1.165, 1.54) is 5.56 Å². The predicted molar refractivity (Wildman–Crippen MR) is 73.9 cm³/mol. The highest BCUT2D eigenvalue weighted by atomic mass is 16.2. The zero-order chi connectivity index (χ0) is 13.7. The molecular weight excluding hydrogens is 242 g/mol. The number of likely N-dealkylation sites (N-methyl/N-ethyl adjacent to an activating group) is 1. The second-order valence-electron chi connectivity index (χ2n) is 4.70. The minimum atomic E-state index is -0.322. The van der Waals surface area contributed by atoms with Crippen molar-refractivity contribution < 1.29 is 9.59 Å². The van der Waals surface area contributed by atoms with Crippen LogP contribution in [-0.4, -0.2) is 31.4 Å². The summed E-state index contributed by atoms with van der Waals surface area (Å²) in [6.45, 7) is 0.919. The van der Waals surface area contributed by atoms with Gasteiger partial charge in [0.2, 0.25) is 11.8 Å². The average Bonchev–Trinajstić information content (AvgIpc) is 2.40. The number of amides is 2. The summed E-state index contributed by atoms with van der Waals surface area (Å²) < 4.78 is 0. The molecule has 3 N–H and O–H groups in total. The Bertz CT molecular complexity index is 474. The van der Waals surface area contributed by atoms with Crippen molar-refractivity contribution in [1.29, 1.82) is 0 Å². The fraction of sp³-hybridized carbons (Fsp3) is 0.429. The van der Waals surface area contributed by atoms with E-state index < -0.39 is 0 Å². The third-order valence-corrected chi connectivity index (χ3v) is 3.17. The van der Waals surface area contributed by atoms with Crippen molar-refractivity contribution in [2.24, 2.45) is 0 Å². The molecule has 0 bridgehead atoms. The number of carbonyl (C=O) groups excluding carboxylic acids is 2. The van der Waals surface area contributed by atoms with E-state index in [-0.39, 0.29) is 17.9 Å². The Labute approximate surface area is 112 Å². The molecule has 19 heavy (non-hydrogen) atoms. The van der Waals surface area contributed by atoms with Crippen LogP contribution in [0.1, 0.15) is 18.4 Å². The maximum Gasteiger partial charge on any atom is 0.249 e. The average molecular weight is 261 g/mol. The van der Waals surface area contributed by atoms with Gasteiger partial charge in [0.25, 0.3) is 0 Å². The number of benzene rings is 1. The third-order valence-electron chi connectivity index (χ3n) is 3.17. The smallest absolute Gasteiger partial charge is 0.249 e. The molecule has 1 fully saturated rings. The molecule has 102 valence electrons. The molecule has 0 aliphatic carbocycles. The van der Waals surface area contributed by atoms with E-state index >= 15 is 0 Å². The van der Waals surface area contributed by atoms with Crippen molar-refractivity contribution in [3.8, 4) is 0 Å². The molecule has 1 saturated heterocycles. The molecule has 2 amide bonds. The van der Waals surface area contributed by atoms with E-state index in [0.29, 0.717) is 12.8 Å². The van der Waals surface area contributed by atoms with Crippen molar-refractivity contribution in [1.82, 2.24) is 10.6 Å². The first-order valence-corrected chi connectivity index (χ1v) is 6.53. The van der Waals surface area contributed by atoms with Crippen molar-refractivity contribution in [2.75, 3.05) is 18.9 Å². The Hall–Kier alpha value is -1.88. The zero-order valence-corrected chi connectivity index (χ0v) is 11.0. The van der Waals surface area contributed by atoms with Crippen molar-refractivity contribution in [3.05, 3.63) is 29.8 Å². The van der Waals surface area contributed by atoms with Crippen molar-refractivity contribution in [3.63, 3.8) is 0 Å². The Morgan fingerprint density at radius 2 is 2.21 bits per heavy atom. The van der Waals surface area contributed by atoms with Crippen LogP contribution in [-0.2, 0) is 16.0 Å². The zero-order valence-electron chi connectivity index (χ0n) is 11.0. The predicted octanol–water partition coefficient (Wildman–Crippen LogP) is 0.666. The lowest BCUT2D eigenvalue weighted by Gasteiger charge is -2.23. The van der Waals surface area contributed by atoms with Gasteiger partial charge in [-0.15, -0.1) is 0 Å². The van der Waals surface area contributed by atoms with Gasteiger partial charge in [0, 0.05) is 12.1 Å². The molecule has 1 aliphatic heterocycles. The topological polar surface area (TPSA) is 70.2 Å². The lowest BCUT2D eigenvalue weighted by Crippen LogP contribution is -2.47. The number of rotatable bonds is 5. The minimum absolute atomic E-state index is 0.189. The molecule has 0 radical (unpaired) electrons. The number of piperidine rings is 1. The highest BCUT2D eigenvalue weighted by Gasteiger charge is 2.26. The highest BCUT2D eigenvalue weighted by Crippen LogP contribution is 2.15. The summed E-state index contributed by atoms with van der Waals surface area (Å²) in [5.41, 5.74) is 2.13. The van der Waals surface area contributed by atoms with Crippen LogP contribution >= 0.6 is 0 Å². The standard InChI is InChI=1S/C14H19N3O2/c1-15-8-7-10-3-2-4-11(9-10)16-12-5-6-13(18)17-14(12)19/h2-4,9,12,15-16H,5-8H2,1H3,(H,17,18,19). The molecule has 0 aromatic heterocycles. The third kappa shape index (κ3) is 3.79. The van der Waals surface area contributed by atoms with Gasteiger partial charge >= 0.3 is 0 Å². The van der Waals surface area contributed by atoms with Crippen LogP contribution in [0.15, 0.2) is 24.3 Å². The number of hydrogen-bond acceptors (Lipinski definition) is 4. The first-order valence-electron chi connectivity index (χ1n) is 6.53. The quantitative estimate of drug-likeness (QED) is 0.681. The number of anilines is 1. The number of imide groups is 1. The van der Waals surface area contributed by atoms with Crippen LogP contribution in [0.3, 0.4) is 0 Å². The van der Waals surface area contributed by atoms with Gasteiger partial charge in [0.05, 0.1) is 0 Å². The van der Waals surface area contributed by atoms with Crippen LogP contribution in [0.2, 0.25) is 0 Å². The maximum absolute atomic E-state index is 11.7. The van der Waals surface area contributed by atoms with Crippen LogP contribution in [0, 0.1) is 0 Å². The molecule has 5 heteroatoms. The first-order chi connectivity index (χ1) is 9.19. The maximum atomic E-state index is 11.7. The fourth-order valence-electron chi connectivity index (χ4n) is 2.12. The van der Waals surface area contributed by atoms with Crippen LogP contribution in [0.4, 0.5) is 5.69 Å². The van der Waals surface area contributed by atoms with Crippen LogP contribution < -0.4 is 16.0 Å². The lowest BCUT2D eigenvalue weighted by molar-refractivity contribution is -0.133. The van der Waals surface area contributed by atoms with E-state index in [9.17, 15) is 9.59 Å². The lowest BCUT2D eigenvalue weighted by atomic mass is 10.1. The summed E-state index contributed by atoms with van der Waals surface area (Å²) in [5.74, 6) is -0.428. The highest BCUT2D eigenvalue weighted by molar-refractivity contribution is 6.01. The summed E-state index contributed by atoms with van der Waals surface area (Å²) in [4.78, 5) is 22.7. The molecular formula is C14H19N3O2. The van der Waals surface area contributed by atoms with Crippen LogP contribution in [0.5, 0.6) is 0 Å². The second kappa shape index (κ2) is 6.33. The molecule has 5 nitrogen and oxygen atoms in total. The van der Waals surface area contributed by atoms with E-state index in [1.807, 2.05) is 25.2 Å². The van der Waals surface area contributed by atoms with Gasteiger partial charge in [-0.25, -0.2) is 0 Å². The molecule has 0 spiro atoms. The van der Waals surface area contributed by atoms with E-state index in [0.717, 1.165) is 18.7 Å². The molecule has 2 rings (SSSR count). The first kappa shape index (κ1) is 13.5. The van der Waals surface area contributed by atoms with Gasteiger partial charge in [-0.3, -0.25) is 14.9 Å². The van der Waals surface area contributed by atoms with Gasteiger partial charge < -0.3 is 10.6 Å². The van der Waals surface area contributed by atoms with E-state index in [2.05, 4.69) is 22.0 Å². The Balaban J connectivity index is 1.98. The summed E-state index contributed by atoms with van der Waals surface area (Å²) in [6, 6.07) is 7.69. The summed E-state index contributed by atoms with van der Waals surface area (Å²) in [7, 11) is 1.92. The van der Waals surface area contributed by atoms with Gasteiger partial charge in [-0.1, -0.05) is 12.1 Å². The molecule has 1 aliphatic rings. The molecule has 1 atom stereocenters. The monoisotopic (exact) mass is 261 g/mol. The Morgan fingerprint density at radius 3 is 2.95 bits per heavy atom. The summed E-state index contributed by atoms with van der Waals surface area (Å²) >= 11 is 0. The molecule has 1 heterocycles. The molecule has 1 unspecified atom stereocenters. The number of hydrogen-bond donors (Lipinski definition) is 3. The van der Waals surface area contributed by atoms with Crippen LogP contribution in [0.25, 0.3) is 0 Å². The van der Waals surface area contributed by atoms with Crippen molar-refractivity contribution in [2.45, 2.75) is 25.3 Å². The van der Waals surface area contributed by atoms with Gasteiger partial charge in [-0.2, -0.15) is 0 Å². The summed E-state index contributed by atoms with van der Waals surface area (Å²) in [6.07, 6.45) is 1.88. The second-order valence-corrected chi connectivity index (χ2v) is 4.70.